The number of hydrogen-bond donors (Lipinski definition) is 2. The lowest BCUT2D eigenvalue weighted by atomic mass is 9.95. The summed E-state index contributed by atoms with van der Waals surface area (Å²) in [6.45, 7) is -0.414. The number of hydrogen-bond acceptors (Lipinski definition) is 5. The molecule has 4 nitrogen and oxygen atoms in total. The highest BCUT2D eigenvalue weighted by Crippen LogP contribution is 2.34. The van der Waals surface area contributed by atoms with E-state index in [0.717, 1.165) is 12.1 Å². The molecule has 0 spiro atoms. The van der Waals surface area contributed by atoms with E-state index in [-0.39, 0.29) is 0 Å². The molecule has 1 unspecified atom stereocenters. The summed E-state index contributed by atoms with van der Waals surface area (Å²) in [6, 6.07) is 7.28. The average Bonchev–Trinajstić information content (AvgIpc) is 3.28. The lowest BCUT2D eigenvalue weighted by Crippen LogP contribution is -2.41. The van der Waals surface area contributed by atoms with Gasteiger partial charge in [-0.25, -0.2) is 21.9 Å². The molecule has 0 saturated heterocycles. The van der Waals surface area contributed by atoms with Gasteiger partial charge >= 0.3 is 0 Å². The molecule has 1 aromatic carbocycles. The highest BCUT2D eigenvalue weighted by atomic mass is 32.2. The second-order valence-electron chi connectivity index (χ2n) is 5.25. The van der Waals surface area contributed by atoms with Gasteiger partial charge in [-0.15, -0.1) is 11.3 Å². The molecule has 0 bridgehead atoms. The number of rotatable bonds is 6. The molecule has 0 aliphatic heterocycles. The van der Waals surface area contributed by atoms with Crippen LogP contribution in [0.2, 0.25) is 0 Å². The van der Waals surface area contributed by atoms with Crippen LogP contribution in [0.3, 0.4) is 0 Å². The Labute approximate surface area is 151 Å². The molecule has 2 N–H and O–H groups in total. The van der Waals surface area contributed by atoms with Crippen molar-refractivity contribution >= 4 is 32.7 Å². The largest absolute Gasteiger partial charge is 0.378 e. The molecule has 2 heterocycles. The van der Waals surface area contributed by atoms with Gasteiger partial charge in [0, 0.05) is 17.0 Å². The molecule has 0 saturated carbocycles. The molecule has 1 atom stereocenters. The molecule has 2 aromatic heterocycles. The number of halogens is 2. The topological polar surface area (TPSA) is 66.4 Å². The first-order valence-electron chi connectivity index (χ1n) is 7.07. The Morgan fingerprint density at radius 2 is 1.96 bits per heavy atom. The van der Waals surface area contributed by atoms with Gasteiger partial charge in [-0.3, -0.25) is 0 Å². The molecule has 9 heteroatoms. The third-order valence-electron chi connectivity index (χ3n) is 3.63. The van der Waals surface area contributed by atoms with Crippen LogP contribution in [-0.4, -0.2) is 20.1 Å². The van der Waals surface area contributed by atoms with Gasteiger partial charge in [-0.1, -0.05) is 6.07 Å². The second kappa shape index (κ2) is 6.93. The van der Waals surface area contributed by atoms with Crippen LogP contribution in [0, 0.1) is 11.6 Å². The van der Waals surface area contributed by atoms with E-state index in [9.17, 15) is 22.3 Å². The highest BCUT2D eigenvalue weighted by Gasteiger charge is 2.35. The van der Waals surface area contributed by atoms with Gasteiger partial charge < -0.3 is 5.11 Å². The fraction of sp³-hybridized carbons (Fsp3) is 0.125. The van der Waals surface area contributed by atoms with Gasteiger partial charge in [0.2, 0.25) is 10.0 Å². The summed E-state index contributed by atoms with van der Waals surface area (Å²) in [7, 11) is -4.35. The molecule has 3 rings (SSSR count). The Hall–Kier alpha value is -1.65. The first-order chi connectivity index (χ1) is 11.8. The van der Waals surface area contributed by atoms with Crippen molar-refractivity contribution in [2.45, 2.75) is 10.5 Å². The summed E-state index contributed by atoms with van der Waals surface area (Å²) < 4.78 is 54.0. The van der Waals surface area contributed by atoms with Gasteiger partial charge in [0.05, 0.1) is 0 Å². The van der Waals surface area contributed by atoms with Crippen molar-refractivity contribution in [2.75, 3.05) is 6.54 Å². The van der Waals surface area contributed by atoms with Crippen molar-refractivity contribution in [2.24, 2.45) is 0 Å². The van der Waals surface area contributed by atoms with Crippen LogP contribution in [0.25, 0.3) is 0 Å². The number of nitrogens with one attached hydrogen (secondary N) is 1. The minimum absolute atomic E-state index is 0.414. The first-order valence-corrected chi connectivity index (χ1v) is 10.4. The zero-order valence-electron chi connectivity index (χ0n) is 12.6. The summed E-state index contributed by atoms with van der Waals surface area (Å²) in [4.78, 5) is -0.264. The molecule has 25 heavy (non-hydrogen) atoms. The fourth-order valence-electron chi connectivity index (χ4n) is 2.31. The maximum atomic E-state index is 13.8. The fourth-order valence-corrected chi connectivity index (χ4v) is 5.02. The van der Waals surface area contributed by atoms with Crippen LogP contribution >= 0.6 is 22.7 Å². The molecule has 0 radical (unpaired) electrons. The molecule has 0 amide bonds. The molecular weight excluding hydrogens is 388 g/mol. The predicted molar refractivity (Wildman–Crippen MR) is 93.2 cm³/mol. The van der Waals surface area contributed by atoms with Crippen LogP contribution in [0.1, 0.15) is 10.4 Å². The van der Waals surface area contributed by atoms with Crippen LogP contribution in [0.5, 0.6) is 0 Å². The van der Waals surface area contributed by atoms with E-state index < -0.39 is 38.7 Å². The van der Waals surface area contributed by atoms with E-state index in [0.29, 0.717) is 16.5 Å². The maximum absolute atomic E-state index is 13.8. The molecule has 0 fully saturated rings. The third kappa shape index (κ3) is 3.65. The number of thiophene rings is 2. The molecule has 0 aliphatic rings. The van der Waals surface area contributed by atoms with E-state index in [2.05, 4.69) is 4.72 Å². The summed E-state index contributed by atoms with van der Waals surface area (Å²) >= 11 is 2.62. The Morgan fingerprint density at radius 3 is 2.60 bits per heavy atom. The van der Waals surface area contributed by atoms with Gasteiger partial charge in [0.1, 0.15) is 22.1 Å². The Kier molecular flexibility index (Phi) is 5.03. The van der Waals surface area contributed by atoms with Crippen LogP contribution in [0.4, 0.5) is 8.78 Å². The maximum Gasteiger partial charge on any atom is 0.243 e. The van der Waals surface area contributed by atoms with E-state index in [1.54, 1.807) is 34.3 Å². The normalized spacial score (nSPS) is 14.4. The van der Waals surface area contributed by atoms with Crippen molar-refractivity contribution in [3.63, 3.8) is 0 Å². The minimum atomic E-state index is -4.35. The molecule has 3 aromatic rings. The number of aliphatic hydroxyl groups is 1. The second-order valence-corrected chi connectivity index (χ2v) is 8.71. The van der Waals surface area contributed by atoms with Crippen molar-refractivity contribution in [3.05, 3.63) is 74.6 Å². The van der Waals surface area contributed by atoms with Gasteiger partial charge in [-0.2, -0.15) is 11.3 Å². The zero-order chi connectivity index (χ0) is 18.1. The van der Waals surface area contributed by atoms with Crippen molar-refractivity contribution in [3.8, 4) is 0 Å². The summed E-state index contributed by atoms with van der Waals surface area (Å²) in [5.74, 6) is -1.93. The number of benzene rings is 1. The lowest BCUT2D eigenvalue weighted by molar-refractivity contribution is 0.0903. The average molecular weight is 401 g/mol. The zero-order valence-corrected chi connectivity index (χ0v) is 15.1. The highest BCUT2D eigenvalue weighted by molar-refractivity contribution is 7.89. The van der Waals surface area contributed by atoms with Crippen molar-refractivity contribution in [1.29, 1.82) is 0 Å². The SMILES string of the molecule is O=S(=O)(NCC(O)(c1ccsc1)c1cccs1)c1cc(F)ccc1F. The minimum Gasteiger partial charge on any atom is -0.378 e. The molecule has 0 aliphatic carbocycles. The van der Waals surface area contributed by atoms with Crippen LogP contribution in [0.15, 0.2) is 57.4 Å². The van der Waals surface area contributed by atoms with Gasteiger partial charge in [0.15, 0.2) is 0 Å². The standard InChI is InChI=1S/C16H13F2NO3S3/c17-12-3-4-13(18)14(8-12)25(21,22)19-10-16(20,11-5-7-23-9-11)15-2-1-6-24-15/h1-9,19-20H,10H2. The van der Waals surface area contributed by atoms with Crippen LogP contribution < -0.4 is 4.72 Å². The van der Waals surface area contributed by atoms with Gasteiger partial charge in [-0.05, 0) is 46.5 Å². The number of sulfonamides is 1. The van der Waals surface area contributed by atoms with E-state index in [4.69, 9.17) is 0 Å². The summed E-state index contributed by atoms with van der Waals surface area (Å²) in [5.41, 5.74) is -1.09. The Bertz CT molecular complexity index is 920. The van der Waals surface area contributed by atoms with Gasteiger partial charge in [0.25, 0.3) is 0 Å². The predicted octanol–water partition coefficient (Wildman–Crippen LogP) is 3.30. The summed E-state index contributed by atoms with van der Waals surface area (Å²) in [5, 5.41) is 16.3. The van der Waals surface area contributed by atoms with E-state index in [1.165, 1.54) is 22.7 Å². The van der Waals surface area contributed by atoms with Crippen molar-refractivity contribution < 1.29 is 22.3 Å². The van der Waals surface area contributed by atoms with E-state index >= 15 is 0 Å². The Morgan fingerprint density at radius 1 is 1.16 bits per heavy atom. The smallest absolute Gasteiger partial charge is 0.243 e. The first kappa shape index (κ1) is 18.2. The monoisotopic (exact) mass is 401 g/mol. The van der Waals surface area contributed by atoms with Crippen molar-refractivity contribution in [1.82, 2.24) is 4.72 Å². The quantitative estimate of drug-likeness (QED) is 0.666. The molecular formula is C16H13F2NO3S3. The third-order valence-corrected chi connectivity index (χ3v) is 6.75. The summed E-state index contributed by atoms with van der Waals surface area (Å²) in [6.07, 6.45) is 0. The van der Waals surface area contributed by atoms with E-state index in [1.807, 2.05) is 0 Å². The Balaban J connectivity index is 1.93. The van der Waals surface area contributed by atoms with Crippen LogP contribution in [-0.2, 0) is 15.6 Å². The molecule has 132 valence electrons. The lowest BCUT2D eigenvalue weighted by Gasteiger charge is -2.27.